The Morgan fingerprint density at radius 1 is 1.47 bits per heavy atom. The van der Waals surface area contributed by atoms with Crippen LogP contribution >= 0.6 is 0 Å². The van der Waals surface area contributed by atoms with Crippen molar-refractivity contribution in [3.8, 4) is 0 Å². The maximum atomic E-state index is 10.4. The number of hydrogen-bond donors (Lipinski definition) is 3. The van der Waals surface area contributed by atoms with Crippen LogP contribution in [0, 0.1) is 0 Å². The molecule has 1 fully saturated rings. The molecule has 0 aromatic carbocycles. The molecule has 0 saturated carbocycles. The number of nitrogens with one attached hydrogen (secondary N) is 1. The fraction of sp³-hybridized carbons (Fsp3) is 0.727. The molecule has 0 bridgehead atoms. The Hall–Kier alpha value is -1.67. The Kier molecular flexibility index (Phi) is 3.72. The van der Waals surface area contributed by atoms with Crippen LogP contribution < -0.4 is 16.0 Å². The van der Waals surface area contributed by atoms with Crippen LogP contribution in [-0.2, 0) is 4.74 Å². The number of hydrogen-bond acceptors (Lipinski definition) is 8. The van der Waals surface area contributed by atoms with E-state index in [1.807, 2.05) is 21.0 Å². The quantitative estimate of drug-likeness (QED) is 0.668. The van der Waals surface area contributed by atoms with Crippen molar-refractivity contribution in [1.82, 2.24) is 15.0 Å². The lowest BCUT2D eigenvalue weighted by Gasteiger charge is -2.26. The smallest absolute Gasteiger partial charge is 0.231 e. The number of aliphatic hydroxyl groups is 1. The SMILES string of the molecule is CC1OCCC1(O)CNc1nc(N)nc(N(C)C)n1. The predicted octanol–water partition coefficient (Wildman–Crippen LogP) is -0.528. The van der Waals surface area contributed by atoms with Gasteiger partial charge in [-0.3, -0.25) is 0 Å². The first-order chi connectivity index (χ1) is 8.90. The summed E-state index contributed by atoms with van der Waals surface area (Å²) in [5.41, 5.74) is 4.72. The van der Waals surface area contributed by atoms with Gasteiger partial charge in [0.25, 0.3) is 0 Å². The van der Waals surface area contributed by atoms with Crippen molar-refractivity contribution >= 4 is 17.8 Å². The monoisotopic (exact) mass is 268 g/mol. The first-order valence-electron chi connectivity index (χ1n) is 6.17. The predicted molar refractivity (Wildman–Crippen MR) is 72.0 cm³/mol. The summed E-state index contributed by atoms with van der Waals surface area (Å²) in [6.07, 6.45) is 0.370. The molecule has 8 nitrogen and oxygen atoms in total. The summed E-state index contributed by atoms with van der Waals surface area (Å²) in [7, 11) is 3.64. The molecule has 8 heteroatoms. The van der Waals surface area contributed by atoms with Gasteiger partial charge < -0.3 is 25.8 Å². The summed E-state index contributed by atoms with van der Waals surface area (Å²) in [6, 6.07) is 0. The van der Waals surface area contributed by atoms with Crippen LogP contribution in [-0.4, -0.2) is 59.0 Å². The average Bonchev–Trinajstić information content (AvgIpc) is 2.67. The molecule has 0 radical (unpaired) electrons. The molecule has 0 amide bonds. The van der Waals surface area contributed by atoms with Gasteiger partial charge in [-0.2, -0.15) is 15.0 Å². The number of ether oxygens (including phenoxy) is 1. The topological polar surface area (TPSA) is 109 Å². The minimum Gasteiger partial charge on any atom is -0.385 e. The molecule has 1 aliphatic rings. The summed E-state index contributed by atoms with van der Waals surface area (Å²) in [5, 5.41) is 13.4. The van der Waals surface area contributed by atoms with E-state index >= 15 is 0 Å². The summed E-state index contributed by atoms with van der Waals surface area (Å²) in [4.78, 5) is 13.9. The number of nitrogens with zero attached hydrogens (tertiary/aromatic N) is 4. The molecule has 0 spiro atoms. The van der Waals surface area contributed by atoms with E-state index in [9.17, 15) is 5.11 Å². The maximum Gasteiger partial charge on any atom is 0.231 e. The Balaban J connectivity index is 2.07. The van der Waals surface area contributed by atoms with E-state index in [-0.39, 0.29) is 12.1 Å². The Morgan fingerprint density at radius 2 is 2.21 bits per heavy atom. The van der Waals surface area contributed by atoms with Crippen molar-refractivity contribution in [1.29, 1.82) is 0 Å². The van der Waals surface area contributed by atoms with Gasteiger partial charge in [-0.1, -0.05) is 0 Å². The molecule has 1 aliphatic heterocycles. The van der Waals surface area contributed by atoms with Gasteiger partial charge in [0.1, 0.15) is 5.60 Å². The van der Waals surface area contributed by atoms with E-state index in [0.29, 0.717) is 31.5 Å². The average molecular weight is 268 g/mol. The summed E-state index contributed by atoms with van der Waals surface area (Å²) in [6.45, 7) is 2.72. The standard InChI is InChI=1S/C11H20N6O2/c1-7-11(18,4-5-19-7)6-13-9-14-8(12)15-10(16-9)17(2)3/h7,18H,4-6H2,1-3H3,(H3,12,13,14,15,16). The lowest BCUT2D eigenvalue weighted by atomic mass is 9.97. The van der Waals surface area contributed by atoms with Crippen LogP contribution in [0.15, 0.2) is 0 Å². The summed E-state index contributed by atoms with van der Waals surface area (Å²) >= 11 is 0. The van der Waals surface area contributed by atoms with Crippen LogP contribution in [0.5, 0.6) is 0 Å². The van der Waals surface area contributed by atoms with Gasteiger partial charge >= 0.3 is 0 Å². The van der Waals surface area contributed by atoms with Crippen LogP contribution in [0.2, 0.25) is 0 Å². The highest BCUT2D eigenvalue weighted by molar-refractivity contribution is 5.41. The van der Waals surface area contributed by atoms with Crippen molar-refractivity contribution in [2.75, 3.05) is 43.2 Å². The Morgan fingerprint density at radius 3 is 2.79 bits per heavy atom. The third-order valence-corrected chi connectivity index (χ3v) is 3.25. The van der Waals surface area contributed by atoms with E-state index < -0.39 is 5.60 Å². The molecular weight excluding hydrogens is 248 g/mol. The van der Waals surface area contributed by atoms with Crippen molar-refractivity contribution < 1.29 is 9.84 Å². The van der Waals surface area contributed by atoms with Crippen LogP contribution in [0.1, 0.15) is 13.3 Å². The molecule has 1 aromatic rings. The number of rotatable bonds is 4. The number of nitrogens with two attached hydrogens (primary N) is 1. The fourth-order valence-corrected chi connectivity index (χ4v) is 1.89. The molecule has 19 heavy (non-hydrogen) atoms. The van der Waals surface area contributed by atoms with Crippen molar-refractivity contribution in [3.05, 3.63) is 0 Å². The number of anilines is 3. The second-order valence-electron chi connectivity index (χ2n) is 4.93. The van der Waals surface area contributed by atoms with Gasteiger partial charge in [-0.05, 0) is 6.92 Å². The Bertz CT molecular complexity index is 455. The van der Waals surface area contributed by atoms with Crippen molar-refractivity contribution in [3.63, 3.8) is 0 Å². The van der Waals surface area contributed by atoms with Gasteiger partial charge in [-0.15, -0.1) is 0 Å². The molecular formula is C11H20N6O2. The lowest BCUT2D eigenvalue weighted by Crippen LogP contribution is -2.43. The van der Waals surface area contributed by atoms with Gasteiger partial charge in [0.2, 0.25) is 17.8 Å². The highest BCUT2D eigenvalue weighted by Gasteiger charge is 2.39. The summed E-state index contributed by atoms with van der Waals surface area (Å²) < 4.78 is 5.37. The molecule has 2 atom stereocenters. The molecule has 0 aliphatic carbocycles. The van der Waals surface area contributed by atoms with Crippen LogP contribution in [0.3, 0.4) is 0 Å². The second kappa shape index (κ2) is 5.14. The normalized spacial score (nSPS) is 26.4. The molecule has 106 valence electrons. The molecule has 2 unspecified atom stereocenters. The molecule has 1 saturated heterocycles. The zero-order valence-electron chi connectivity index (χ0n) is 11.4. The largest absolute Gasteiger partial charge is 0.385 e. The van der Waals surface area contributed by atoms with Gasteiger partial charge in [0.15, 0.2) is 0 Å². The van der Waals surface area contributed by atoms with Crippen LogP contribution in [0.4, 0.5) is 17.8 Å². The molecule has 2 heterocycles. The minimum absolute atomic E-state index is 0.143. The number of aromatic nitrogens is 3. The Labute approximate surface area is 112 Å². The van der Waals surface area contributed by atoms with Crippen molar-refractivity contribution in [2.45, 2.75) is 25.0 Å². The zero-order valence-corrected chi connectivity index (χ0v) is 11.4. The van der Waals surface area contributed by atoms with Crippen molar-refractivity contribution in [2.24, 2.45) is 0 Å². The molecule has 4 N–H and O–H groups in total. The van der Waals surface area contributed by atoms with Gasteiger partial charge in [-0.25, -0.2) is 0 Å². The van der Waals surface area contributed by atoms with Crippen LogP contribution in [0.25, 0.3) is 0 Å². The molecule has 1 aromatic heterocycles. The van der Waals surface area contributed by atoms with E-state index in [1.54, 1.807) is 4.90 Å². The maximum absolute atomic E-state index is 10.4. The minimum atomic E-state index is -0.903. The summed E-state index contributed by atoms with van der Waals surface area (Å²) in [5.74, 6) is 0.963. The fourth-order valence-electron chi connectivity index (χ4n) is 1.89. The number of nitrogen functional groups attached to an aromatic ring is 1. The second-order valence-corrected chi connectivity index (χ2v) is 4.93. The van der Waals surface area contributed by atoms with Gasteiger partial charge in [0, 0.05) is 33.7 Å². The lowest BCUT2D eigenvalue weighted by molar-refractivity contribution is -0.0176. The van der Waals surface area contributed by atoms with E-state index in [1.165, 1.54) is 0 Å². The third kappa shape index (κ3) is 3.02. The first-order valence-corrected chi connectivity index (χ1v) is 6.17. The molecule has 2 rings (SSSR count). The van der Waals surface area contributed by atoms with Gasteiger partial charge in [0.05, 0.1) is 6.10 Å². The van der Waals surface area contributed by atoms with E-state index in [0.717, 1.165) is 0 Å². The zero-order chi connectivity index (χ0) is 14.0. The third-order valence-electron chi connectivity index (χ3n) is 3.25. The van der Waals surface area contributed by atoms with E-state index in [4.69, 9.17) is 10.5 Å². The van der Waals surface area contributed by atoms with E-state index in [2.05, 4.69) is 20.3 Å². The first kappa shape index (κ1) is 13.8. The highest BCUT2D eigenvalue weighted by atomic mass is 16.5. The highest BCUT2D eigenvalue weighted by Crippen LogP contribution is 2.25.